The van der Waals surface area contributed by atoms with Gasteiger partial charge in [-0.25, -0.2) is 4.58 Å². The number of fused-ring (bicyclic) bond motifs is 1. The van der Waals surface area contributed by atoms with Crippen molar-refractivity contribution in [3.8, 4) is 0 Å². The summed E-state index contributed by atoms with van der Waals surface area (Å²) in [4.78, 5) is 0. The zero-order valence-corrected chi connectivity index (χ0v) is 16.8. The van der Waals surface area contributed by atoms with Gasteiger partial charge in [0.2, 0.25) is 0 Å². The molecule has 0 aliphatic carbocycles. The van der Waals surface area contributed by atoms with Gasteiger partial charge in [0.05, 0.1) is 12.5 Å². The van der Waals surface area contributed by atoms with Crippen LogP contribution in [0.2, 0.25) is 0 Å². The van der Waals surface area contributed by atoms with Crippen molar-refractivity contribution in [1.82, 2.24) is 0 Å². The second-order valence-corrected chi connectivity index (χ2v) is 7.61. The molecule has 1 fully saturated rings. The molecule has 0 amide bonds. The fraction of sp³-hybridized carbons (Fsp3) is 0.947. The summed E-state index contributed by atoms with van der Waals surface area (Å²) in [7, 11) is -6.00. The van der Waals surface area contributed by atoms with E-state index in [2.05, 4.69) is 38.5 Å². The predicted molar refractivity (Wildman–Crippen MR) is 100 cm³/mol. The molecule has 154 valence electrons. The molecule has 2 aliphatic heterocycles. The first-order valence-corrected chi connectivity index (χ1v) is 10.3. The Hall–Kier alpha value is -0.585. The molecule has 26 heavy (non-hydrogen) atoms. The molecule has 0 saturated carbocycles. The van der Waals surface area contributed by atoms with Crippen molar-refractivity contribution in [2.45, 2.75) is 84.8 Å². The Labute approximate surface area is 156 Å². The maximum Gasteiger partial charge on any atom is 0.673 e. The maximum atomic E-state index is 9.75. The minimum absolute atomic E-state index is 0.0197. The summed E-state index contributed by atoms with van der Waals surface area (Å²) in [5.74, 6) is 2.20. The third-order valence-electron chi connectivity index (χ3n) is 5.92. The van der Waals surface area contributed by atoms with Crippen LogP contribution in [0.3, 0.4) is 0 Å². The van der Waals surface area contributed by atoms with Crippen LogP contribution < -0.4 is 0 Å². The van der Waals surface area contributed by atoms with Crippen LogP contribution in [0.4, 0.5) is 17.3 Å². The van der Waals surface area contributed by atoms with Gasteiger partial charge < -0.3 is 22.0 Å². The average Bonchev–Trinajstić information content (AvgIpc) is 2.55. The van der Waals surface area contributed by atoms with Crippen molar-refractivity contribution >= 4 is 13.5 Å². The van der Waals surface area contributed by atoms with E-state index >= 15 is 0 Å². The Morgan fingerprint density at radius 3 is 2.31 bits per heavy atom. The monoisotopic (exact) mass is 381 g/mol. The van der Waals surface area contributed by atoms with Crippen molar-refractivity contribution in [3.63, 3.8) is 0 Å². The van der Waals surface area contributed by atoms with Crippen LogP contribution in [0.25, 0.3) is 0 Å². The molecule has 4 unspecified atom stereocenters. The van der Waals surface area contributed by atoms with Crippen LogP contribution in [0.15, 0.2) is 0 Å². The molecule has 0 aromatic heterocycles. The molecule has 2 rings (SSSR count). The van der Waals surface area contributed by atoms with Crippen LogP contribution in [-0.4, -0.2) is 36.9 Å². The number of unbranched alkanes of at least 4 members (excludes halogenated alkanes) is 2. The molecule has 4 atom stereocenters. The number of rotatable bonds is 7. The Morgan fingerprint density at radius 1 is 1.12 bits per heavy atom. The van der Waals surface area contributed by atoms with Gasteiger partial charge in [0.25, 0.3) is 5.72 Å². The summed E-state index contributed by atoms with van der Waals surface area (Å²) in [6.45, 7) is 11.3. The molecule has 0 spiro atoms. The molecular formula is C19H36BF4NO. The van der Waals surface area contributed by atoms with Gasteiger partial charge in [-0.1, -0.05) is 40.0 Å². The largest absolute Gasteiger partial charge is 0.673 e. The Kier molecular flexibility index (Phi) is 9.63. The number of halogens is 4. The molecule has 2 heterocycles. The lowest BCUT2D eigenvalue weighted by Gasteiger charge is -2.46. The Morgan fingerprint density at radius 2 is 1.77 bits per heavy atom. The van der Waals surface area contributed by atoms with Crippen molar-refractivity contribution < 1.29 is 26.6 Å². The highest BCUT2D eigenvalue weighted by atomic mass is 19.5. The number of ether oxygens (including phenoxy) is 1. The van der Waals surface area contributed by atoms with Gasteiger partial charge in [0.1, 0.15) is 12.8 Å². The number of piperidine rings is 1. The van der Waals surface area contributed by atoms with Gasteiger partial charge in [0.15, 0.2) is 0 Å². The molecule has 7 heteroatoms. The van der Waals surface area contributed by atoms with E-state index < -0.39 is 7.25 Å². The van der Waals surface area contributed by atoms with E-state index in [-0.39, 0.29) is 5.72 Å². The van der Waals surface area contributed by atoms with E-state index in [1.165, 1.54) is 57.9 Å². The van der Waals surface area contributed by atoms with Crippen molar-refractivity contribution in [3.05, 3.63) is 0 Å². The summed E-state index contributed by atoms with van der Waals surface area (Å²) in [6, 6.07) is 0. The summed E-state index contributed by atoms with van der Waals surface area (Å²) in [6.07, 6.45) is 13.1. The fourth-order valence-electron chi connectivity index (χ4n) is 4.76. The highest BCUT2D eigenvalue weighted by Crippen LogP contribution is 2.45. The van der Waals surface area contributed by atoms with Gasteiger partial charge in [-0.15, -0.1) is 0 Å². The molecule has 0 aromatic rings. The quantitative estimate of drug-likeness (QED) is 0.223. The van der Waals surface area contributed by atoms with Gasteiger partial charge in [-0.3, -0.25) is 0 Å². The standard InChI is InChI=1S/C19H36NO.BF4/c1-5-8-9-12-18-16(4)17(6-2)15-20-14-11-10-13-19(18,20)21-7-3;2-1(3,4)5/h15-18H,5-14H2,1-4H3;/q+1;-1. The van der Waals surface area contributed by atoms with E-state index in [1.54, 1.807) is 0 Å². The normalized spacial score (nSPS) is 31.5. The third-order valence-corrected chi connectivity index (χ3v) is 5.92. The molecule has 0 radical (unpaired) electrons. The summed E-state index contributed by atoms with van der Waals surface area (Å²) in [5.41, 5.74) is 0.0197. The van der Waals surface area contributed by atoms with E-state index in [4.69, 9.17) is 4.74 Å². The van der Waals surface area contributed by atoms with Gasteiger partial charge in [-0.2, -0.15) is 0 Å². The van der Waals surface area contributed by atoms with Crippen LogP contribution in [-0.2, 0) is 4.74 Å². The summed E-state index contributed by atoms with van der Waals surface area (Å²) in [5, 5.41) is 0. The first kappa shape index (κ1) is 23.5. The number of hydrogen-bond donors (Lipinski definition) is 0. The lowest BCUT2D eigenvalue weighted by Crippen LogP contribution is -2.60. The Bertz CT molecular complexity index is 434. The first-order chi connectivity index (χ1) is 12.2. The lowest BCUT2D eigenvalue weighted by atomic mass is 9.69. The molecule has 0 aromatic carbocycles. The van der Waals surface area contributed by atoms with Crippen LogP contribution >= 0.6 is 0 Å². The second-order valence-electron chi connectivity index (χ2n) is 7.61. The number of hydrogen-bond acceptors (Lipinski definition) is 1. The number of nitrogens with zero attached hydrogens (tertiary/aromatic N) is 1. The maximum absolute atomic E-state index is 9.75. The van der Waals surface area contributed by atoms with Gasteiger partial charge in [0, 0.05) is 18.8 Å². The summed E-state index contributed by atoms with van der Waals surface area (Å²) >= 11 is 0. The second kappa shape index (κ2) is 10.7. The Balaban J connectivity index is 0.000000597. The minimum Gasteiger partial charge on any atom is -0.418 e. The SMILES string of the molecule is CCCCCC1C(C)C(CC)C=[N+]2CCCCC12OCC.F[B-](F)(F)F. The van der Waals surface area contributed by atoms with Gasteiger partial charge >= 0.3 is 7.25 Å². The molecule has 0 bridgehead atoms. The smallest absolute Gasteiger partial charge is 0.418 e. The topological polar surface area (TPSA) is 12.2 Å². The van der Waals surface area contributed by atoms with Crippen molar-refractivity contribution in [2.24, 2.45) is 17.8 Å². The van der Waals surface area contributed by atoms with Crippen LogP contribution in [0, 0.1) is 17.8 Å². The van der Waals surface area contributed by atoms with E-state index in [0.29, 0.717) is 5.92 Å². The highest BCUT2D eigenvalue weighted by Gasteiger charge is 2.56. The van der Waals surface area contributed by atoms with E-state index in [9.17, 15) is 17.3 Å². The third kappa shape index (κ3) is 6.54. The van der Waals surface area contributed by atoms with E-state index in [0.717, 1.165) is 18.4 Å². The molecule has 1 saturated heterocycles. The van der Waals surface area contributed by atoms with Crippen molar-refractivity contribution in [1.29, 1.82) is 0 Å². The predicted octanol–water partition coefficient (Wildman–Crippen LogP) is 6.16. The lowest BCUT2D eigenvalue weighted by molar-refractivity contribution is -0.689. The molecular weight excluding hydrogens is 345 g/mol. The highest BCUT2D eigenvalue weighted by molar-refractivity contribution is 6.50. The molecule has 2 aliphatic rings. The fourth-order valence-corrected chi connectivity index (χ4v) is 4.76. The van der Waals surface area contributed by atoms with Crippen LogP contribution in [0.5, 0.6) is 0 Å². The first-order valence-electron chi connectivity index (χ1n) is 10.3. The average molecular weight is 381 g/mol. The zero-order valence-electron chi connectivity index (χ0n) is 16.8. The summed E-state index contributed by atoms with van der Waals surface area (Å²) < 4.78 is 48.1. The minimum atomic E-state index is -6.00. The van der Waals surface area contributed by atoms with E-state index in [1.807, 2.05) is 0 Å². The molecule has 2 nitrogen and oxygen atoms in total. The van der Waals surface area contributed by atoms with Crippen LogP contribution in [0.1, 0.15) is 79.1 Å². The molecule has 0 N–H and O–H groups in total. The van der Waals surface area contributed by atoms with Crippen molar-refractivity contribution in [2.75, 3.05) is 13.2 Å². The van der Waals surface area contributed by atoms with Gasteiger partial charge in [-0.05, 0) is 32.1 Å². The zero-order chi connectivity index (χ0) is 19.8.